The topological polar surface area (TPSA) is 38.1 Å². The molecule has 0 aliphatic carbocycles. The van der Waals surface area contributed by atoms with Gasteiger partial charge in [-0.2, -0.15) is 0 Å². The summed E-state index contributed by atoms with van der Waals surface area (Å²) in [6.07, 6.45) is 1.66. The molecule has 4 rings (SSSR count). The predicted octanol–water partition coefficient (Wildman–Crippen LogP) is 6.00. The monoisotopic (exact) mass is 413 g/mol. The Hall–Kier alpha value is -1.46. The van der Waals surface area contributed by atoms with Gasteiger partial charge in [-0.15, -0.1) is 0 Å². The van der Waals surface area contributed by atoms with E-state index in [1.54, 1.807) is 24.3 Å². The molecule has 1 aromatic heterocycles. The highest BCUT2D eigenvalue weighted by Crippen LogP contribution is 2.43. The minimum atomic E-state index is 0.444. The maximum absolute atomic E-state index is 11.5. The molecule has 0 N–H and O–H groups in total. The molecule has 0 bridgehead atoms. The number of imidazole rings is 1. The third-order valence-electron chi connectivity index (χ3n) is 4.24. The summed E-state index contributed by atoms with van der Waals surface area (Å²) >= 11 is 25.1. The number of hydrogen-bond acceptors (Lipinski definition) is 3. The quantitative estimate of drug-likeness (QED) is 0.482. The van der Waals surface area contributed by atoms with Crippen LogP contribution in [0.2, 0.25) is 20.1 Å². The van der Waals surface area contributed by atoms with Crippen LogP contribution in [0.15, 0.2) is 24.3 Å². The molecule has 25 heavy (non-hydrogen) atoms. The average molecular weight is 415 g/mol. The average Bonchev–Trinajstić information content (AvgIpc) is 2.96. The Labute approximate surface area is 163 Å². The van der Waals surface area contributed by atoms with Gasteiger partial charge < -0.3 is 9.47 Å². The van der Waals surface area contributed by atoms with Crippen molar-refractivity contribution in [3.05, 3.63) is 49.9 Å². The molecule has 0 radical (unpaired) electrons. The number of halogens is 4. The van der Waals surface area contributed by atoms with Crippen LogP contribution in [0.4, 0.5) is 11.6 Å². The van der Waals surface area contributed by atoms with Crippen LogP contribution in [0, 0.1) is 0 Å². The smallest absolute Gasteiger partial charge is 0.211 e. The number of aromatic nitrogens is 2. The molecule has 0 atom stereocenters. The molecule has 128 valence electrons. The summed E-state index contributed by atoms with van der Waals surface area (Å²) in [5.74, 6) is 0.656. The Morgan fingerprint density at radius 3 is 2.40 bits per heavy atom. The van der Waals surface area contributed by atoms with Gasteiger partial charge in [0.05, 0.1) is 26.3 Å². The number of aryl methyl sites for hydroxylation is 1. The minimum Gasteiger partial charge on any atom is -0.309 e. The van der Waals surface area contributed by atoms with Crippen LogP contribution >= 0.6 is 46.4 Å². The highest BCUT2D eigenvalue weighted by atomic mass is 35.5. The van der Waals surface area contributed by atoms with Gasteiger partial charge in [0.15, 0.2) is 6.29 Å². The van der Waals surface area contributed by atoms with Crippen molar-refractivity contribution in [1.82, 2.24) is 9.55 Å². The van der Waals surface area contributed by atoms with E-state index in [-0.39, 0.29) is 0 Å². The number of nitrogens with zero attached hydrogens (tertiary/aromatic N) is 3. The summed E-state index contributed by atoms with van der Waals surface area (Å²) in [5.41, 5.74) is 2.51. The lowest BCUT2D eigenvalue weighted by molar-refractivity contribution is 0.112. The van der Waals surface area contributed by atoms with Crippen LogP contribution in [0.5, 0.6) is 0 Å². The Balaban J connectivity index is 1.99. The van der Waals surface area contributed by atoms with E-state index in [0.717, 1.165) is 24.8 Å². The Bertz CT molecular complexity index is 992. The summed E-state index contributed by atoms with van der Waals surface area (Å²) in [6.45, 7) is 1.42. The molecule has 8 heteroatoms. The highest BCUT2D eigenvalue weighted by Gasteiger charge is 2.27. The lowest BCUT2D eigenvalue weighted by Crippen LogP contribution is -2.28. The van der Waals surface area contributed by atoms with E-state index >= 15 is 0 Å². The highest BCUT2D eigenvalue weighted by molar-refractivity contribution is 6.42. The van der Waals surface area contributed by atoms with E-state index in [1.165, 1.54) is 0 Å². The van der Waals surface area contributed by atoms with Crippen molar-refractivity contribution in [1.29, 1.82) is 0 Å². The number of anilines is 2. The summed E-state index contributed by atoms with van der Waals surface area (Å²) in [7, 11) is 0. The molecule has 1 aliphatic heterocycles. The van der Waals surface area contributed by atoms with E-state index in [0.29, 0.717) is 49.4 Å². The number of rotatable bonds is 2. The number of fused-ring (bicyclic) bond motifs is 3. The third-order valence-corrected chi connectivity index (χ3v) is 5.34. The lowest BCUT2D eigenvalue weighted by Gasteiger charge is -2.30. The van der Waals surface area contributed by atoms with Gasteiger partial charge in [-0.05, 0) is 30.7 Å². The summed E-state index contributed by atoms with van der Waals surface area (Å²) in [6, 6.07) is 6.68. The van der Waals surface area contributed by atoms with Crippen molar-refractivity contribution in [2.75, 3.05) is 11.4 Å². The summed E-state index contributed by atoms with van der Waals surface area (Å²) in [5, 5.41) is 1.85. The van der Waals surface area contributed by atoms with Crippen LogP contribution < -0.4 is 4.90 Å². The molecule has 0 saturated carbocycles. The molecule has 0 spiro atoms. The fraction of sp³-hybridized carbons (Fsp3) is 0.176. The summed E-state index contributed by atoms with van der Waals surface area (Å²) in [4.78, 5) is 18.1. The maximum Gasteiger partial charge on any atom is 0.211 e. The molecule has 0 amide bonds. The largest absolute Gasteiger partial charge is 0.309 e. The number of aldehydes is 1. The predicted molar refractivity (Wildman–Crippen MR) is 103 cm³/mol. The fourth-order valence-electron chi connectivity index (χ4n) is 3.23. The molecule has 4 nitrogen and oxygen atoms in total. The molecular weight excluding hydrogens is 404 g/mol. The first-order valence-electron chi connectivity index (χ1n) is 7.57. The van der Waals surface area contributed by atoms with Gasteiger partial charge in [0.1, 0.15) is 5.52 Å². The third kappa shape index (κ3) is 2.68. The second-order valence-electron chi connectivity index (χ2n) is 5.74. The Kier molecular flexibility index (Phi) is 4.32. The molecular formula is C17H11Cl4N3O. The van der Waals surface area contributed by atoms with Crippen molar-refractivity contribution in [2.45, 2.75) is 13.0 Å². The number of benzene rings is 2. The van der Waals surface area contributed by atoms with Gasteiger partial charge >= 0.3 is 0 Å². The van der Waals surface area contributed by atoms with E-state index < -0.39 is 0 Å². The van der Waals surface area contributed by atoms with Gasteiger partial charge in [0.2, 0.25) is 5.95 Å². The molecule has 1 aliphatic rings. The first-order chi connectivity index (χ1) is 12.0. The molecule has 0 fully saturated rings. The van der Waals surface area contributed by atoms with Crippen LogP contribution in [0.1, 0.15) is 16.8 Å². The van der Waals surface area contributed by atoms with Gasteiger partial charge in [-0.1, -0.05) is 46.4 Å². The fourth-order valence-corrected chi connectivity index (χ4v) is 4.44. The van der Waals surface area contributed by atoms with Crippen LogP contribution in [-0.2, 0) is 6.54 Å². The van der Waals surface area contributed by atoms with E-state index in [9.17, 15) is 4.79 Å². The zero-order chi connectivity index (χ0) is 17.7. The van der Waals surface area contributed by atoms with Crippen LogP contribution in [0.25, 0.3) is 11.0 Å². The molecule has 2 aromatic carbocycles. The first kappa shape index (κ1) is 17.0. The van der Waals surface area contributed by atoms with Crippen LogP contribution in [-0.4, -0.2) is 22.4 Å². The zero-order valence-corrected chi connectivity index (χ0v) is 15.8. The minimum absolute atomic E-state index is 0.444. The number of carbonyl (C=O) groups excluding carboxylic acids is 1. The van der Waals surface area contributed by atoms with Crippen molar-refractivity contribution in [2.24, 2.45) is 0 Å². The summed E-state index contributed by atoms with van der Waals surface area (Å²) < 4.78 is 1.98. The van der Waals surface area contributed by atoms with Gasteiger partial charge in [-0.3, -0.25) is 4.79 Å². The standard InChI is InChI=1S/C17H11Cl4N3O/c18-10-6-12(20)16(13(21)7-10)24-5-1-4-23-15-9(8-25)2-3-11(19)14(15)22-17(23)24/h2-3,6-8H,1,4-5H2. The second-order valence-corrected chi connectivity index (χ2v) is 7.40. The van der Waals surface area contributed by atoms with Crippen molar-refractivity contribution in [3.63, 3.8) is 0 Å². The second kappa shape index (κ2) is 6.36. The van der Waals surface area contributed by atoms with Crippen LogP contribution in [0.3, 0.4) is 0 Å². The lowest BCUT2D eigenvalue weighted by atomic mass is 10.2. The van der Waals surface area contributed by atoms with E-state index in [1.807, 2.05) is 9.47 Å². The van der Waals surface area contributed by atoms with E-state index in [4.69, 9.17) is 46.4 Å². The molecule has 0 unspecified atom stereocenters. The normalized spacial score (nSPS) is 14.0. The molecule has 0 saturated heterocycles. The maximum atomic E-state index is 11.5. The Morgan fingerprint density at radius 2 is 1.72 bits per heavy atom. The van der Waals surface area contributed by atoms with Crippen molar-refractivity contribution < 1.29 is 4.79 Å². The van der Waals surface area contributed by atoms with Crippen molar-refractivity contribution >= 4 is 75.4 Å². The van der Waals surface area contributed by atoms with E-state index in [2.05, 4.69) is 4.98 Å². The molecule has 3 aromatic rings. The van der Waals surface area contributed by atoms with Gasteiger partial charge in [0, 0.05) is 23.7 Å². The number of carbonyl (C=O) groups is 1. The zero-order valence-electron chi connectivity index (χ0n) is 12.8. The molecule has 2 heterocycles. The van der Waals surface area contributed by atoms with Gasteiger partial charge in [0.25, 0.3) is 0 Å². The first-order valence-corrected chi connectivity index (χ1v) is 9.08. The Morgan fingerprint density at radius 1 is 1.00 bits per heavy atom. The SMILES string of the molecule is O=Cc1ccc(Cl)c2nc3n(c12)CCCN3c1c(Cl)cc(Cl)cc1Cl. The van der Waals surface area contributed by atoms with Crippen molar-refractivity contribution in [3.8, 4) is 0 Å². The number of hydrogen-bond donors (Lipinski definition) is 0. The van der Waals surface area contributed by atoms with Gasteiger partial charge in [-0.25, -0.2) is 4.98 Å².